The number of nitrogens with zero attached hydrogens (tertiary/aromatic N) is 3. The van der Waals surface area contributed by atoms with E-state index in [2.05, 4.69) is 38.3 Å². The van der Waals surface area contributed by atoms with Crippen LogP contribution in [0.25, 0.3) is 0 Å². The minimum Gasteiger partial charge on any atom is -0.377 e. The van der Waals surface area contributed by atoms with Crippen LogP contribution in [0.5, 0.6) is 0 Å². The summed E-state index contributed by atoms with van der Waals surface area (Å²) in [6.45, 7) is 3.69. The quantitative estimate of drug-likeness (QED) is 0.276. The Morgan fingerprint density at radius 2 is 1.67 bits per heavy atom. The van der Waals surface area contributed by atoms with Gasteiger partial charge in [0, 0.05) is 48.4 Å². The van der Waals surface area contributed by atoms with Gasteiger partial charge < -0.3 is 10.2 Å². The van der Waals surface area contributed by atoms with Crippen LogP contribution < -0.4 is 10.2 Å². The molecule has 3 aromatic rings. The lowest BCUT2D eigenvalue weighted by molar-refractivity contribution is -0.384. The van der Waals surface area contributed by atoms with Crippen LogP contribution >= 0.6 is 15.9 Å². The van der Waals surface area contributed by atoms with E-state index in [1.807, 2.05) is 25.1 Å². The number of hydrogen-bond donors (Lipinski definition) is 1. The molecule has 0 aromatic heterocycles. The molecule has 1 saturated heterocycles. The summed E-state index contributed by atoms with van der Waals surface area (Å²) in [5.41, 5.74) is 2.56. The van der Waals surface area contributed by atoms with Crippen molar-refractivity contribution in [1.82, 2.24) is 4.31 Å². The lowest BCUT2D eigenvalue weighted by Gasteiger charge is -2.35. The van der Waals surface area contributed by atoms with E-state index in [-0.39, 0.29) is 21.5 Å². The van der Waals surface area contributed by atoms with Gasteiger partial charge in [-0.15, -0.1) is 0 Å². The average Bonchev–Trinajstić information content (AvgIpc) is 2.88. The summed E-state index contributed by atoms with van der Waals surface area (Å²) in [7, 11) is -3.57. The van der Waals surface area contributed by atoms with Gasteiger partial charge in [0.2, 0.25) is 10.0 Å². The molecule has 0 unspecified atom stereocenters. The second-order valence-corrected chi connectivity index (χ2v) is 11.7. The Labute approximate surface area is 220 Å². The van der Waals surface area contributed by atoms with E-state index in [0.29, 0.717) is 31.9 Å². The van der Waals surface area contributed by atoms with Crippen molar-refractivity contribution in [3.63, 3.8) is 0 Å². The van der Waals surface area contributed by atoms with Crippen LogP contribution in [0.4, 0.5) is 17.1 Å². The SMILES string of the molecule is C[C@H](CCc1ccccc1)Nc1cc(N2CCN(S(=O)(=O)c3ccc(Br)cc3)CC2)ccc1[N+](=O)[O-]. The third kappa shape index (κ3) is 6.24. The van der Waals surface area contributed by atoms with Gasteiger partial charge in [-0.25, -0.2) is 8.42 Å². The van der Waals surface area contributed by atoms with Crippen LogP contribution in [0.15, 0.2) is 82.2 Å². The average molecular weight is 574 g/mol. The molecule has 1 fully saturated rings. The van der Waals surface area contributed by atoms with Gasteiger partial charge in [0.1, 0.15) is 5.69 Å². The van der Waals surface area contributed by atoms with Gasteiger partial charge in [-0.1, -0.05) is 46.3 Å². The smallest absolute Gasteiger partial charge is 0.292 e. The molecule has 0 aliphatic carbocycles. The predicted molar refractivity (Wildman–Crippen MR) is 146 cm³/mol. The maximum absolute atomic E-state index is 13.0. The molecule has 0 spiro atoms. The Morgan fingerprint density at radius 3 is 2.31 bits per heavy atom. The van der Waals surface area contributed by atoms with E-state index in [9.17, 15) is 18.5 Å². The van der Waals surface area contributed by atoms with E-state index in [1.54, 1.807) is 36.4 Å². The van der Waals surface area contributed by atoms with Crippen molar-refractivity contribution in [2.45, 2.75) is 30.7 Å². The first-order valence-corrected chi connectivity index (χ1v) is 14.1. The fraction of sp³-hybridized carbons (Fsp3) is 0.308. The third-order valence-corrected chi connectivity index (χ3v) is 8.78. The maximum Gasteiger partial charge on any atom is 0.292 e. The fourth-order valence-corrected chi connectivity index (χ4v) is 5.99. The minimum atomic E-state index is -3.57. The van der Waals surface area contributed by atoms with Crippen molar-refractivity contribution >= 4 is 43.0 Å². The molecule has 1 heterocycles. The second kappa shape index (κ2) is 11.4. The number of benzene rings is 3. The van der Waals surface area contributed by atoms with Gasteiger partial charge in [-0.2, -0.15) is 4.31 Å². The van der Waals surface area contributed by atoms with Crippen molar-refractivity contribution < 1.29 is 13.3 Å². The summed E-state index contributed by atoms with van der Waals surface area (Å²) in [4.78, 5) is 13.6. The Balaban J connectivity index is 1.43. The molecular formula is C26H29BrN4O4S. The number of piperazine rings is 1. The number of nitrogens with one attached hydrogen (secondary N) is 1. The predicted octanol–water partition coefficient (Wildman–Crippen LogP) is 5.30. The molecule has 0 radical (unpaired) electrons. The summed E-state index contributed by atoms with van der Waals surface area (Å²) >= 11 is 3.33. The summed E-state index contributed by atoms with van der Waals surface area (Å²) < 4.78 is 28.3. The number of anilines is 2. The Kier molecular flexibility index (Phi) is 8.28. The molecule has 4 rings (SSSR count). The third-order valence-electron chi connectivity index (χ3n) is 6.34. The van der Waals surface area contributed by atoms with E-state index in [0.717, 1.165) is 23.0 Å². The normalized spacial score (nSPS) is 15.4. The molecule has 36 heavy (non-hydrogen) atoms. The van der Waals surface area contributed by atoms with Gasteiger partial charge in [-0.3, -0.25) is 10.1 Å². The highest BCUT2D eigenvalue weighted by molar-refractivity contribution is 9.10. The van der Waals surface area contributed by atoms with Crippen molar-refractivity contribution in [3.05, 3.63) is 92.9 Å². The molecule has 190 valence electrons. The van der Waals surface area contributed by atoms with Gasteiger partial charge in [0.05, 0.1) is 9.82 Å². The lowest BCUT2D eigenvalue weighted by Crippen LogP contribution is -2.48. The number of rotatable bonds is 9. The molecule has 0 bridgehead atoms. The van der Waals surface area contributed by atoms with Crippen LogP contribution in [0.2, 0.25) is 0 Å². The monoisotopic (exact) mass is 572 g/mol. The van der Waals surface area contributed by atoms with Crippen LogP contribution in [-0.4, -0.2) is 49.9 Å². The van der Waals surface area contributed by atoms with E-state index in [1.165, 1.54) is 15.9 Å². The molecule has 1 aliphatic heterocycles. The first kappa shape index (κ1) is 26.1. The number of sulfonamides is 1. The van der Waals surface area contributed by atoms with Crippen LogP contribution in [0, 0.1) is 10.1 Å². The molecule has 10 heteroatoms. The summed E-state index contributed by atoms with van der Waals surface area (Å²) in [5.74, 6) is 0. The zero-order valence-corrected chi connectivity index (χ0v) is 22.4. The summed E-state index contributed by atoms with van der Waals surface area (Å²) in [6, 6.07) is 21.9. The summed E-state index contributed by atoms with van der Waals surface area (Å²) in [5, 5.41) is 15.0. The Hall–Kier alpha value is -2.95. The molecule has 0 amide bonds. The highest BCUT2D eigenvalue weighted by Crippen LogP contribution is 2.31. The summed E-state index contributed by atoms with van der Waals surface area (Å²) in [6.07, 6.45) is 1.70. The highest BCUT2D eigenvalue weighted by atomic mass is 79.9. The van der Waals surface area contributed by atoms with E-state index in [4.69, 9.17) is 0 Å². The van der Waals surface area contributed by atoms with Crippen molar-refractivity contribution in [2.75, 3.05) is 36.4 Å². The molecule has 0 saturated carbocycles. The molecule has 1 N–H and O–H groups in total. The highest BCUT2D eigenvalue weighted by Gasteiger charge is 2.29. The van der Waals surface area contributed by atoms with Gasteiger partial charge in [0.15, 0.2) is 0 Å². The molecule has 3 aromatic carbocycles. The number of halogens is 1. The number of nitro groups is 1. The van der Waals surface area contributed by atoms with Crippen molar-refractivity contribution in [2.24, 2.45) is 0 Å². The molecular weight excluding hydrogens is 544 g/mol. The van der Waals surface area contributed by atoms with Crippen molar-refractivity contribution in [1.29, 1.82) is 0 Å². The minimum absolute atomic E-state index is 0.0294. The zero-order valence-electron chi connectivity index (χ0n) is 20.0. The van der Waals surface area contributed by atoms with E-state index < -0.39 is 10.0 Å². The van der Waals surface area contributed by atoms with Crippen LogP contribution in [0.3, 0.4) is 0 Å². The number of hydrogen-bond acceptors (Lipinski definition) is 6. The van der Waals surface area contributed by atoms with Crippen LogP contribution in [0.1, 0.15) is 18.9 Å². The number of aryl methyl sites for hydroxylation is 1. The zero-order chi connectivity index (χ0) is 25.7. The number of nitro benzene ring substituents is 1. The van der Waals surface area contributed by atoms with Gasteiger partial charge in [0.25, 0.3) is 5.69 Å². The topological polar surface area (TPSA) is 95.8 Å². The largest absolute Gasteiger partial charge is 0.377 e. The molecule has 1 atom stereocenters. The first-order valence-electron chi connectivity index (χ1n) is 11.8. The standard InChI is InChI=1S/C26H29BrN4O4S/c1-20(7-8-21-5-3-2-4-6-21)28-25-19-23(11-14-26(25)31(32)33)29-15-17-30(18-16-29)36(34,35)24-12-9-22(27)10-13-24/h2-6,9-14,19-20,28H,7-8,15-18H2,1H3/t20-/m1/s1. The Bertz CT molecular complexity index is 1300. The second-order valence-electron chi connectivity index (χ2n) is 8.87. The van der Waals surface area contributed by atoms with Crippen molar-refractivity contribution in [3.8, 4) is 0 Å². The maximum atomic E-state index is 13.0. The molecule has 8 nitrogen and oxygen atoms in total. The van der Waals surface area contributed by atoms with Gasteiger partial charge >= 0.3 is 0 Å². The fourth-order valence-electron chi connectivity index (χ4n) is 4.30. The van der Waals surface area contributed by atoms with Crippen LogP contribution in [-0.2, 0) is 16.4 Å². The van der Waals surface area contributed by atoms with E-state index >= 15 is 0 Å². The Morgan fingerprint density at radius 1 is 1.00 bits per heavy atom. The van der Waals surface area contributed by atoms with Gasteiger partial charge in [-0.05, 0) is 61.7 Å². The molecule has 1 aliphatic rings. The lowest BCUT2D eigenvalue weighted by atomic mass is 10.1. The first-order chi connectivity index (χ1) is 17.2.